The number of hydrogen-bond donors (Lipinski definition) is 1. The third-order valence-electron chi connectivity index (χ3n) is 5.11. The lowest BCUT2D eigenvalue weighted by Crippen LogP contribution is -2.46. The van der Waals surface area contributed by atoms with Crippen LogP contribution in [0.3, 0.4) is 0 Å². The zero-order chi connectivity index (χ0) is 15.4. The lowest BCUT2D eigenvalue weighted by molar-refractivity contribution is 0.140. The predicted molar refractivity (Wildman–Crippen MR) is 91.4 cm³/mol. The second-order valence-electron chi connectivity index (χ2n) is 7.20. The number of rotatable bonds is 6. The first-order chi connectivity index (χ1) is 10.0. The van der Waals surface area contributed by atoms with Crippen LogP contribution in [0.2, 0.25) is 0 Å². The summed E-state index contributed by atoms with van der Waals surface area (Å²) >= 11 is 0. The molecule has 1 heterocycles. The summed E-state index contributed by atoms with van der Waals surface area (Å²) < 4.78 is 0. The number of benzene rings is 1. The van der Waals surface area contributed by atoms with Crippen molar-refractivity contribution in [2.75, 3.05) is 20.1 Å². The van der Waals surface area contributed by atoms with Gasteiger partial charge in [-0.2, -0.15) is 0 Å². The molecule has 0 aliphatic carbocycles. The maximum atomic E-state index is 3.58. The fourth-order valence-electron chi connectivity index (χ4n) is 3.84. The molecule has 2 rings (SSSR count). The van der Waals surface area contributed by atoms with Crippen molar-refractivity contribution in [1.29, 1.82) is 0 Å². The number of likely N-dealkylation sites (N-methyl/N-ethyl adjacent to an activating group) is 1. The molecule has 1 aromatic rings. The summed E-state index contributed by atoms with van der Waals surface area (Å²) in [6.07, 6.45) is 1.35. The minimum atomic E-state index is 0.414. The maximum Gasteiger partial charge on any atom is 0.0478 e. The van der Waals surface area contributed by atoms with E-state index in [2.05, 4.69) is 75.3 Å². The highest BCUT2D eigenvalue weighted by atomic mass is 15.2. The van der Waals surface area contributed by atoms with Crippen molar-refractivity contribution in [1.82, 2.24) is 10.2 Å². The van der Waals surface area contributed by atoms with Gasteiger partial charge in [-0.1, -0.05) is 58.0 Å². The van der Waals surface area contributed by atoms with Crippen molar-refractivity contribution in [3.63, 3.8) is 0 Å². The zero-order valence-corrected chi connectivity index (χ0v) is 14.3. The van der Waals surface area contributed by atoms with E-state index in [0.717, 1.165) is 11.8 Å². The summed E-state index contributed by atoms with van der Waals surface area (Å²) in [6, 6.07) is 11.9. The van der Waals surface area contributed by atoms with Gasteiger partial charge in [0.1, 0.15) is 0 Å². The second-order valence-corrected chi connectivity index (χ2v) is 7.20. The Morgan fingerprint density at radius 1 is 1.10 bits per heavy atom. The van der Waals surface area contributed by atoms with Gasteiger partial charge in [-0.25, -0.2) is 0 Å². The largest absolute Gasteiger partial charge is 0.312 e. The average molecular weight is 288 g/mol. The first-order valence-electron chi connectivity index (χ1n) is 8.50. The van der Waals surface area contributed by atoms with E-state index in [4.69, 9.17) is 0 Å². The summed E-state index contributed by atoms with van der Waals surface area (Å²) in [6.45, 7) is 12.0. The van der Waals surface area contributed by atoms with Crippen molar-refractivity contribution in [3.05, 3.63) is 35.9 Å². The normalized spacial score (nSPS) is 22.9. The van der Waals surface area contributed by atoms with Gasteiger partial charge in [0.15, 0.2) is 0 Å². The van der Waals surface area contributed by atoms with E-state index in [0.29, 0.717) is 18.0 Å². The third kappa shape index (κ3) is 3.87. The zero-order valence-electron chi connectivity index (χ0n) is 14.3. The molecule has 0 aromatic heterocycles. The van der Waals surface area contributed by atoms with Gasteiger partial charge in [0.25, 0.3) is 0 Å². The Morgan fingerprint density at radius 3 is 2.24 bits per heavy atom. The van der Waals surface area contributed by atoms with Crippen molar-refractivity contribution in [2.24, 2.45) is 17.8 Å². The van der Waals surface area contributed by atoms with Gasteiger partial charge < -0.3 is 5.32 Å². The molecular weight excluding hydrogens is 256 g/mol. The first-order valence-corrected chi connectivity index (χ1v) is 8.50. The Balaban J connectivity index is 2.18. The monoisotopic (exact) mass is 288 g/mol. The molecule has 1 aliphatic heterocycles. The van der Waals surface area contributed by atoms with Crippen LogP contribution < -0.4 is 5.32 Å². The highest BCUT2D eigenvalue weighted by Gasteiger charge is 2.35. The molecule has 3 unspecified atom stereocenters. The molecule has 0 bridgehead atoms. The quantitative estimate of drug-likeness (QED) is 0.852. The van der Waals surface area contributed by atoms with E-state index in [1.165, 1.54) is 25.1 Å². The Labute approximate surface area is 130 Å². The molecule has 1 fully saturated rings. The Hall–Kier alpha value is -0.860. The fourth-order valence-corrected chi connectivity index (χ4v) is 3.84. The number of nitrogens with zero attached hydrogens (tertiary/aromatic N) is 1. The maximum absolute atomic E-state index is 3.58. The topological polar surface area (TPSA) is 15.3 Å². The first kappa shape index (κ1) is 16.5. The highest BCUT2D eigenvalue weighted by molar-refractivity contribution is 5.21. The summed E-state index contributed by atoms with van der Waals surface area (Å²) in [4.78, 5) is 2.73. The summed E-state index contributed by atoms with van der Waals surface area (Å²) in [5.41, 5.74) is 1.41. The van der Waals surface area contributed by atoms with Crippen LogP contribution in [0, 0.1) is 17.8 Å². The molecule has 118 valence electrons. The minimum Gasteiger partial charge on any atom is -0.312 e. The van der Waals surface area contributed by atoms with Crippen molar-refractivity contribution < 1.29 is 0 Å². The van der Waals surface area contributed by atoms with Gasteiger partial charge in [-0.05, 0) is 43.3 Å². The summed E-state index contributed by atoms with van der Waals surface area (Å²) in [5.74, 6) is 2.31. The van der Waals surface area contributed by atoms with Crippen molar-refractivity contribution in [2.45, 2.75) is 46.2 Å². The van der Waals surface area contributed by atoms with Crippen LogP contribution in [0.15, 0.2) is 30.3 Å². The average Bonchev–Trinajstić information content (AvgIpc) is 2.94. The molecule has 2 heteroatoms. The fraction of sp³-hybridized carbons (Fsp3) is 0.684. The molecule has 0 amide bonds. The van der Waals surface area contributed by atoms with Gasteiger partial charge in [0, 0.05) is 18.6 Å². The van der Waals surface area contributed by atoms with E-state index in [1.54, 1.807) is 0 Å². The van der Waals surface area contributed by atoms with Crippen LogP contribution >= 0.6 is 0 Å². The van der Waals surface area contributed by atoms with E-state index in [-0.39, 0.29) is 0 Å². The highest BCUT2D eigenvalue weighted by Crippen LogP contribution is 2.32. The lowest BCUT2D eigenvalue weighted by atomic mass is 9.89. The van der Waals surface area contributed by atoms with Crippen LogP contribution in [-0.4, -0.2) is 31.1 Å². The smallest absolute Gasteiger partial charge is 0.0478 e. The van der Waals surface area contributed by atoms with Crippen LogP contribution in [0.5, 0.6) is 0 Å². The molecule has 1 aromatic carbocycles. The van der Waals surface area contributed by atoms with Crippen molar-refractivity contribution in [3.8, 4) is 0 Å². The Kier molecular flexibility index (Phi) is 5.83. The Morgan fingerprint density at radius 2 is 1.76 bits per heavy atom. The number of hydrogen-bond acceptors (Lipinski definition) is 2. The van der Waals surface area contributed by atoms with Crippen LogP contribution in [0.4, 0.5) is 0 Å². The van der Waals surface area contributed by atoms with Gasteiger partial charge in [-0.15, -0.1) is 0 Å². The molecule has 1 aliphatic rings. The Bertz CT molecular complexity index is 413. The molecule has 0 saturated carbocycles. The SMILES string of the molecule is CNC(c1ccccc1)C(C(C)C)N1CCC(C(C)C)C1. The van der Waals surface area contributed by atoms with Gasteiger partial charge in [0.05, 0.1) is 0 Å². The van der Waals surface area contributed by atoms with Crippen LogP contribution in [0.25, 0.3) is 0 Å². The molecule has 1 N–H and O–H groups in total. The molecule has 1 saturated heterocycles. The van der Waals surface area contributed by atoms with E-state index in [1.807, 2.05) is 0 Å². The molecule has 0 radical (unpaired) electrons. The summed E-state index contributed by atoms with van der Waals surface area (Å²) in [5, 5.41) is 3.58. The van der Waals surface area contributed by atoms with Gasteiger partial charge in [-0.3, -0.25) is 4.90 Å². The molecule has 0 spiro atoms. The van der Waals surface area contributed by atoms with E-state index in [9.17, 15) is 0 Å². The molecule has 2 nitrogen and oxygen atoms in total. The minimum absolute atomic E-state index is 0.414. The van der Waals surface area contributed by atoms with Crippen LogP contribution in [0.1, 0.15) is 45.7 Å². The molecule has 3 atom stereocenters. The molecular formula is C19H32N2. The second kappa shape index (κ2) is 7.42. The standard InChI is InChI=1S/C19H32N2/c1-14(2)17-11-12-21(13-17)19(15(3)4)18(20-5)16-9-7-6-8-10-16/h6-10,14-15,17-20H,11-13H2,1-5H3. The third-order valence-corrected chi connectivity index (χ3v) is 5.11. The van der Waals surface area contributed by atoms with Crippen LogP contribution in [-0.2, 0) is 0 Å². The van der Waals surface area contributed by atoms with Gasteiger partial charge >= 0.3 is 0 Å². The lowest BCUT2D eigenvalue weighted by Gasteiger charge is -2.38. The van der Waals surface area contributed by atoms with Gasteiger partial charge in [0.2, 0.25) is 0 Å². The number of nitrogens with one attached hydrogen (secondary N) is 1. The van der Waals surface area contributed by atoms with Crippen molar-refractivity contribution >= 4 is 0 Å². The molecule has 21 heavy (non-hydrogen) atoms. The summed E-state index contributed by atoms with van der Waals surface area (Å²) in [7, 11) is 2.10. The van der Waals surface area contributed by atoms with E-state index < -0.39 is 0 Å². The van der Waals surface area contributed by atoms with E-state index >= 15 is 0 Å². The number of likely N-dealkylation sites (tertiary alicyclic amines) is 1. The predicted octanol–water partition coefficient (Wildman–Crippen LogP) is 3.95.